The van der Waals surface area contributed by atoms with E-state index in [-0.39, 0.29) is 123 Å². The summed E-state index contributed by atoms with van der Waals surface area (Å²) < 4.78 is 32.0. The van der Waals surface area contributed by atoms with Gasteiger partial charge in [-0.2, -0.15) is 12.6 Å². The fourth-order valence-electron chi connectivity index (χ4n) is 7.23. The molecule has 83 heavy (non-hydrogen) atoms. The van der Waals surface area contributed by atoms with Crippen LogP contribution in [0.4, 0.5) is 0 Å². The molecule has 1 aliphatic rings. The van der Waals surface area contributed by atoms with Crippen molar-refractivity contribution in [3.05, 3.63) is 0 Å². The van der Waals surface area contributed by atoms with Crippen LogP contribution in [-0.2, 0) is 76.4 Å². The predicted molar refractivity (Wildman–Crippen MR) is 296 cm³/mol. The zero-order chi connectivity index (χ0) is 62.3. The van der Waals surface area contributed by atoms with Crippen molar-refractivity contribution in [1.82, 2.24) is 47.9 Å². The van der Waals surface area contributed by atoms with Crippen molar-refractivity contribution in [3.63, 3.8) is 0 Å². The number of aliphatic imine (C=N–C) groups is 1. The van der Waals surface area contributed by atoms with E-state index < -0.39 is 139 Å². The number of unbranched alkanes of at least 4 members (excludes halogenated alkanes) is 1. The maximum Gasteiger partial charge on any atom is 0.246 e. The van der Waals surface area contributed by atoms with Gasteiger partial charge in [-0.25, -0.2) is 0 Å². The van der Waals surface area contributed by atoms with Crippen molar-refractivity contribution in [2.75, 3.05) is 105 Å². The smallest absolute Gasteiger partial charge is 0.246 e. The Morgan fingerprint density at radius 2 is 1.08 bits per heavy atom. The number of aliphatic hydroxyl groups excluding tert-OH is 4. The van der Waals surface area contributed by atoms with Gasteiger partial charge >= 0.3 is 0 Å². The molecule has 0 aromatic carbocycles. The van der Waals surface area contributed by atoms with Crippen LogP contribution in [0.25, 0.3) is 0 Å². The number of aliphatic hydroxyl groups is 4. The molecule has 10 amide bonds. The molecule has 1 heterocycles. The lowest BCUT2D eigenvalue weighted by molar-refractivity contribution is -0.300. The topological polar surface area (TPSA) is 532 Å². The molecule has 0 aromatic rings. The number of ether oxygens (including phenoxy) is 6. The normalized spacial score (nSPS) is 18.7. The Hall–Kier alpha value is -6.12. The van der Waals surface area contributed by atoms with E-state index in [1.807, 2.05) is 0 Å². The summed E-state index contributed by atoms with van der Waals surface area (Å²) in [7, 11) is 0. The van der Waals surface area contributed by atoms with E-state index in [2.05, 4.69) is 65.5 Å². The molecule has 0 unspecified atom stereocenters. The van der Waals surface area contributed by atoms with Gasteiger partial charge in [0.15, 0.2) is 12.2 Å². The van der Waals surface area contributed by atoms with Gasteiger partial charge in [-0.15, -0.1) is 0 Å². The standard InChI is InChI=1S/C48H88N14O20S/c1-27(42(72)61-30(7-4-5-11-49)44(74)55-14-17-78-19-21-79-24-36(66)54-13-16-77-20-22-80-25-37(67)60-33(26-83)41(50)71)58-46(76)32(9-10-35(65)53-15-18-81-47-40(70)39(69)38(68)34(23-63)82-47)62-43(73)28(2)57-45(75)31(59-29(3)64)8-6-12-56-48(51)52/h27-28,30-34,38-40,47,63,68-70,83H,4-26,49H2,1-3H3,(H2,50,71)(H,53,65)(H,54,66)(H,55,74)(H,57,75)(H,58,76)(H,59,64)(H,60,67)(H,61,72)(H,62,73)(H4,51,52,56)/t27-,28-,30-,31-,32-,33-,34+,38-,39-,40+,47+/m0/s1. The Labute approximate surface area is 486 Å². The Kier molecular flexibility index (Phi) is 39.3. The van der Waals surface area contributed by atoms with Crippen molar-refractivity contribution in [2.24, 2.45) is 27.9 Å². The van der Waals surface area contributed by atoms with E-state index in [9.17, 15) is 68.4 Å². The van der Waals surface area contributed by atoms with Crippen LogP contribution in [0.5, 0.6) is 0 Å². The molecule has 0 aliphatic carbocycles. The second-order valence-corrected chi connectivity index (χ2v) is 19.1. The third-order valence-corrected chi connectivity index (χ3v) is 12.1. The number of hydrogen-bond donors (Lipinski definition) is 18. The lowest BCUT2D eigenvalue weighted by Gasteiger charge is -2.39. The summed E-state index contributed by atoms with van der Waals surface area (Å²) in [6.07, 6.45) is -6.96. The second-order valence-electron chi connectivity index (χ2n) is 18.7. The Morgan fingerprint density at radius 1 is 0.566 bits per heavy atom. The van der Waals surface area contributed by atoms with Gasteiger partial charge in [0.25, 0.3) is 0 Å². The summed E-state index contributed by atoms with van der Waals surface area (Å²) in [6.45, 7) is 3.25. The zero-order valence-corrected chi connectivity index (χ0v) is 48.0. The summed E-state index contributed by atoms with van der Waals surface area (Å²) in [5, 5.41) is 62.4. The number of hydrogen-bond acceptors (Lipinski definition) is 23. The average molecular weight is 1210 g/mol. The summed E-state index contributed by atoms with van der Waals surface area (Å²) in [5.41, 5.74) is 21.5. The molecule has 1 aliphatic heterocycles. The number of nitrogens with two attached hydrogens (primary N) is 4. The molecule has 0 bridgehead atoms. The van der Waals surface area contributed by atoms with Crippen molar-refractivity contribution in [2.45, 2.75) is 133 Å². The SMILES string of the molecule is CC(=O)N[C@@H](CCCN=C(N)N)C(=O)N[C@@H](C)C(=O)N[C@@H](CCC(=O)NCCO[C@@H]1O[C@H](CO)[C@H](O)[C@H](O)[C@H]1O)C(=O)N[C@@H](C)C(=O)N[C@@H](CCCCN)C(=O)NCCOCCOCC(=O)NCCOCCOCC(=O)N[C@@H](CS)C(N)=O. The van der Waals surface area contributed by atoms with Crippen LogP contribution in [0.1, 0.15) is 65.7 Å². The van der Waals surface area contributed by atoms with Crippen molar-refractivity contribution in [1.29, 1.82) is 0 Å². The Bertz CT molecular complexity index is 2050. The number of nitrogens with zero attached hydrogens (tertiary/aromatic N) is 1. The summed E-state index contributed by atoms with van der Waals surface area (Å²) in [6, 6.07) is -7.24. The second kappa shape index (κ2) is 43.5. The third kappa shape index (κ3) is 33.1. The quantitative estimate of drug-likeness (QED) is 0.0117. The molecule has 1 saturated heterocycles. The minimum absolute atomic E-state index is 0.0192. The van der Waals surface area contributed by atoms with Crippen LogP contribution in [0, 0.1) is 0 Å². The van der Waals surface area contributed by atoms with E-state index in [0.717, 1.165) is 0 Å². The molecule has 0 aromatic heterocycles. The molecule has 21 N–H and O–H groups in total. The minimum atomic E-state index is -1.69. The molecule has 1 rings (SSSR count). The molecular formula is C48H88N14O20S. The number of primary amides is 1. The van der Waals surface area contributed by atoms with Crippen LogP contribution < -0.4 is 70.8 Å². The fraction of sp³-hybridized carbons (Fsp3) is 0.771. The number of rotatable bonds is 45. The number of thiol groups is 1. The largest absolute Gasteiger partial charge is 0.394 e. The first kappa shape index (κ1) is 74.9. The highest BCUT2D eigenvalue weighted by Gasteiger charge is 2.44. The molecular weight excluding hydrogens is 1120 g/mol. The van der Waals surface area contributed by atoms with Gasteiger partial charge in [0.2, 0.25) is 59.1 Å². The minimum Gasteiger partial charge on any atom is -0.394 e. The molecule has 35 heteroatoms. The zero-order valence-electron chi connectivity index (χ0n) is 47.1. The average Bonchev–Trinajstić information content (AvgIpc) is 3.50. The first-order chi connectivity index (χ1) is 39.4. The summed E-state index contributed by atoms with van der Waals surface area (Å²) in [5.74, 6) is -6.93. The molecule has 0 radical (unpaired) electrons. The van der Waals surface area contributed by atoms with Gasteiger partial charge in [-0.1, -0.05) is 0 Å². The van der Waals surface area contributed by atoms with Gasteiger partial charge in [-0.05, 0) is 58.9 Å². The third-order valence-electron chi connectivity index (χ3n) is 11.8. The summed E-state index contributed by atoms with van der Waals surface area (Å²) >= 11 is 3.94. The van der Waals surface area contributed by atoms with Crippen LogP contribution in [0.3, 0.4) is 0 Å². The van der Waals surface area contributed by atoms with E-state index in [4.69, 9.17) is 51.4 Å². The number of nitrogens with one attached hydrogen (secondary N) is 9. The first-order valence-electron chi connectivity index (χ1n) is 26.9. The van der Waals surface area contributed by atoms with E-state index in [1.165, 1.54) is 20.8 Å². The highest BCUT2D eigenvalue weighted by molar-refractivity contribution is 7.80. The molecule has 11 atom stereocenters. The van der Waals surface area contributed by atoms with Crippen LogP contribution in [0.2, 0.25) is 0 Å². The van der Waals surface area contributed by atoms with Gasteiger partial charge in [0, 0.05) is 45.3 Å². The molecule has 0 saturated carbocycles. The van der Waals surface area contributed by atoms with E-state index in [1.54, 1.807) is 0 Å². The number of carbonyl (C=O) groups is 10. The highest BCUT2D eigenvalue weighted by Crippen LogP contribution is 2.21. The Morgan fingerprint density at radius 3 is 1.63 bits per heavy atom. The fourth-order valence-corrected chi connectivity index (χ4v) is 7.50. The van der Waals surface area contributed by atoms with Crippen molar-refractivity contribution >= 4 is 77.7 Å². The molecule has 476 valence electrons. The van der Waals surface area contributed by atoms with Gasteiger partial charge < -0.3 is 120 Å². The van der Waals surface area contributed by atoms with Gasteiger partial charge in [0.05, 0.1) is 52.9 Å². The first-order valence-corrected chi connectivity index (χ1v) is 27.6. The lowest BCUT2D eigenvalue weighted by atomic mass is 9.99. The van der Waals surface area contributed by atoms with Crippen molar-refractivity contribution < 1.29 is 96.8 Å². The monoisotopic (exact) mass is 1210 g/mol. The number of guanidine groups is 1. The van der Waals surface area contributed by atoms with Crippen LogP contribution >= 0.6 is 12.6 Å². The van der Waals surface area contributed by atoms with Gasteiger partial charge in [-0.3, -0.25) is 52.9 Å². The summed E-state index contributed by atoms with van der Waals surface area (Å²) in [4.78, 5) is 131. The maximum absolute atomic E-state index is 13.8. The Balaban J connectivity index is 2.80. The molecule has 1 fully saturated rings. The van der Waals surface area contributed by atoms with E-state index >= 15 is 0 Å². The molecule has 34 nitrogen and oxygen atoms in total. The highest BCUT2D eigenvalue weighted by atomic mass is 32.1. The van der Waals surface area contributed by atoms with Crippen LogP contribution in [-0.4, -0.2) is 257 Å². The van der Waals surface area contributed by atoms with Crippen molar-refractivity contribution in [3.8, 4) is 0 Å². The molecule has 0 spiro atoms. The lowest BCUT2D eigenvalue weighted by Crippen LogP contribution is -2.59. The predicted octanol–water partition coefficient (Wildman–Crippen LogP) is -9.44. The number of carbonyl (C=O) groups excluding carboxylic acids is 10. The number of amides is 10. The van der Waals surface area contributed by atoms with E-state index in [0.29, 0.717) is 19.4 Å². The van der Waals surface area contributed by atoms with Gasteiger partial charge in [0.1, 0.15) is 73.9 Å². The van der Waals surface area contributed by atoms with Crippen LogP contribution in [0.15, 0.2) is 4.99 Å². The maximum atomic E-state index is 13.8.